The van der Waals surface area contributed by atoms with E-state index in [1.165, 1.54) is 12.8 Å². The summed E-state index contributed by atoms with van der Waals surface area (Å²) in [5.41, 5.74) is 0.128. The number of likely N-dealkylation sites (tertiary alicyclic amines) is 1. The van der Waals surface area contributed by atoms with E-state index in [1.54, 1.807) is 12.1 Å². The zero-order valence-corrected chi connectivity index (χ0v) is 15.8. The normalized spacial score (nSPS) is 19.2. The summed E-state index contributed by atoms with van der Waals surface area (Å²) in [5.74, 6) is -0.108. The number of carbonyl (C=O) groups excluding carboxylic acids is 2. The molecule has 1 N–H and O–H groups in total. The summed E-state index contributed by atoms with van der Waals surface area (Å²) in [6, 6.07) is 5.35. The van der Waals surface area contributed by atoms with E-state index < -0.39 is 5.41 Å². The highest BCUT2D eigenvalue weighted by Crippen LogP contribution is 2.47. The van der Waals surface area contributed by atoms with Gasteiger partial charge in [0.25, 0.3) is 0 Å². The molecule has 1 aliphatic carbocycles. The van der Waals surface area contributed by atoms with E-state index in [9.17, 15) is 9.59 Å². The highest BCUT2D eigenvalue weighted by molar-refractivity contribution is 6.35. The minimum absolute atomic E-state index is 0.0245. The van der Waals surface area contributed by atoms with Crippen LogP contribution in [0, 0.1) is 5.41 Å². The number of benzene rings is 1. The van der Waals surface area contributed by atoms with Crippen molar-refractivity contribution in [3.05, 3.63) is 33.8 Å². The highest BCUT2D eigenvalue weighted by atomic mass is 35.5. The molecule has 4 nitrogen and oxygen atoms in total. The molecule has 1 heterocycles. The lowest BCUT2D eigenvalue weighted by Crippen LogP contribution is -2.46. The Morgan fingerprint density at radius 1 is 1.08 bits per heavy atom. The van der Waals surface area contributed by atoms with Crippen LogP contribution in [0.25, 0.3) is 0 Å². The molecular weight excluding hydrogens is 359 g/mol. The average Bonchev–Trinajstić information content (AvgIpc) is 3.41. The summed E-state index contributed by atoms with van der Waals surface area (Å²) in [6.45, 7) is 2.04. The van der Waals surface area contributed by atoms with Gasteiger partial charge >= 0.3 is 0 Å². The van der Waals surface area contributed by atoms with Crippen LogP contribution in [0.1, 0.15) is 44.1 Å². The quantitative estimate of drug-likeness (QED) is 0.786. The lowest BCUT2D eigenvalue weighted by atomic mass is 10.0. The smallest absolute Gasteiger partial charge is 0.238 e. The molecule has 2 aliphatic rings. The molecule has 1 saturated carbocycles. The van der Waals surface area contributed by atoms with E-state index >= 15 is 0 Å². The lowest BCUT2D eigenvalue weighted by Gasteiger charge is -2.25. The van der Waals surface area contributed by atoms with Gasteiger partial charge in [-0.15, -0.1) is 0 Å². The molecule has 1 saturated heterocycles. The SMILES string of the molecule is O=C(NCCc1ccc(Cl)cc1Cl)C1(C(=O)N2CCCCCC2)CC1. The van der Waals surface area contributed by atoms with Gasteiger partial charge < -0.3 is 10.2 Å². The Balaban J connectivity index is 1.54. The first kappa shape index (κ1) is 18.5. The van der Waals surface area contributed by atoms with Gasteiger partial charge in [0.1, 0.15) is 5.41 Å². The van der Waals surface area contributed by atoms with E-state index in [4.69, 9.17) is 23.2 Å². The van der Waals surface area contributed by atoms with Crippen molar-refractivity contribution in [2.24, 2.45) is 5.41 Å². The zero-order chi connectivity index (χ0) is 17.9. The topological polar surface area (TPSA) is 49.4 Å². The molecule has 0 atom stereocenters. The standard InChI is InChI=1S/C19H24Cl2N2O2/c20-15-6-5-14(16(21)13-15)7-10-22-17(24)19(8-9-19)18(25)23-11-3-1-2-4-12-23/h5-6,13H,1-4,7-12H2,(H,22,24). The Morgan fingerprint density at radius 3 is 2.36 bits per heavy atom. The molecule has 25 heavy (non-hydrogen) atoms. The van der Waals surface area contributed by atoms with Gasteiger partial charge in [0.2, 0.25) is 11.8 Å². The molecule has 6 heteroatoms. The predicted molar refractivity (Wildman–Crippen MR) is 99.9 cm³/mol. The van der Waals surface area contributed by atoms with Crippen molar-refractivity contribution in [1.29, 1.82) is 0 Å². The summed E-state index contributed by atoms with van der Waals surface area (Å²) in [5, 5.41) is 4.13. The fourth-order valence-electron chi connectivity index (χ4n) is 3.44. The molecule has 2 fully saturated rings. The second-order valence-corrected chi connectivity index (χ2v) is 7.87. The molecule has 0 spiro atoms. The van der Waals surface area contributed by atoms with Crippen LogP contribution in [0.5, 0.6) is 0 Å². The molecule has 1 aliphatic heterocycles. The Kier molecular flexibility index (Phi) is 5.90. The number of hydrogen-bond donors (Lipinski definition) is 1. The fraction of sp³-hybridized carbons (Fsp3) is 0.579. The van der Waals surface area contributed by atoms with E-state index in [0.29, 0.717) is 35.9 Å². The molecule has 3 rings (SSSR count). The molecular formula is C19H24Cl2N2O2. The molecule has 1 aromatic carbocycles. The molecule has 0 radical (unpaired) electrons. The van der Waals surface area contributed by atoms with Crippen LogP contribution >= 0.6 is 23.2 Å². The van der Waals surface area contributed by atoms with Gasteiger partial charge in [0, 0.05) is 29.7 Å². The fourth-order valence-corrected chi connectivity index (χ4v) is 3.95. The van der Waals surface area contributed by atoms with Crippen molar-refractivity contribution >= 4 is 35.0 Å². The van der Waals surface area contributed by atoms with Crippen LogP contribution in [0.15, 0.2) is 18.2 Å². The van der Waals surface area contributed by atoms with Crippen molar-refractivity contribution in [3.63, 3.8) is 0 Å². The maximum atomic E-state index is 12.8. The van der Waals surface area contributed by atoms with Crippen molar-refractivity contribution in [3.8, 4) is 0 Å². The largest absolute Gasteiger partial charge is 0.355 e. The number of carbonyl (C=O) groups is 2. The Morgan fingerprint density at radius 2 is 1.76 bits per heavy atom. The van der Waals surface area contributed by atoms with E-state index in [-0.39, 0.29) is 11.8 Å². The maximum Gasteiger partial charge on any atom is 0.238 e. The summed E-state index contributed by atoms with van der Waals surface area (Å²) in [7, 11) is 0. The number of rotatable bonds is 5. The second kappa shape index (κ2) is 7.96. The van der Waals surface area contributed by atoms with Crippen LogP contribution in [-0.4, -0.2) is 36.3 Å². The van der Waals surface area contributed by atoms with Crippen LogP contribution in [0.2, 0.25) is 10.0 Å². The van der Waals surface area contributed by atoms with Crippen molar-refractivity contribution in [2.45, 2.75) is 44.9 Å². The van der Waals surface area contributed by atoms with Gasteiger partial charge in [0.05, 0.1) is 0 Å². The Hall–Kier alpha value is -1.26. The first-order chi connectivity index (χ1) is 12.0. The minimum Gasteiger partial charge on any atom is -0.355 e. The van der Waals surface area contributed by atoms with E-state index in [1.807, 2.05) is 11.0 Å². The Bertz CT molecular complexity index is 651. The minimum atomic E-state index is -0.811. The average molecular weight is 383 g/mol. The van der Waals surface area contributed by atoms with Gasteiger partial charge in [0.15, 0.2) is 0 Å². The predicted octanol–water partition coefficient (Wildman–Crippen LogP) is 3.83. The van der Waals surface area contributed by atoms with Crippen LogP contribution < -0.4 is 5.32 Å². The third-order valence-electron chi connectivity index (χ3n) is 5.18. The Labute approximate surface area is 158 Å². The van der Waals surface area contributed by atoms with Crippen LogP contribution in [-0.2, 0) is 16.0 Å². The summed E-state index contributed by atoms with van der Waals surface area (Å²) in [6.07, 6.45) is 6.37. The molecule has 0 unspecified atom stereocenters. The number of halogens is 2. The molecule has 1 aromatic rings. The second-order valence-electron chi connectivity index (χ2n) is 7.03. The number of nitrogens with zero attached hydrogens (tertiary/aromatic N) is 1. The molecule has 136 valence electrons. The third-order valence-corrected chi connectivity index (χ3v) is 5.77. The highest BCUT2D eigenvalue weighted by Gasteiger charge is 2.57. The monoisotopic (exact) mass is 382 g/mol. The number of nitrogens with one attached hydrogen (secondary N) is 1. The van der Waals surface area contributed by atoms with Gasteiger partial charge in [-0.3, -0.25) is 9.59 Å². The summed E-state index contributed by atoms with van der Waals surface area (Å²) in [4.78, 5) is 27.3. The summed E-state index contributed by atoms with van der Waals surface area (Å²) >= 11 is 12.1. The van der Waals surface area contributed by atoms with Crippen molar-refractivity contribution < 1.29 is 9.59 Å². The van der Waals surface area contributed by atoms with Crippen molar-refractivity contribution in [1.82, 2.24) is 10.2 Å². The van der Waals surface area contributed by atoms with Gasteiger partial charge in [-0.2, -0.15) is 0 Å². The zero-order valence-electron chi connectivity index (χ0n) is 14.3. The van der Waals surface area contributed by atoms with Crippen LogP contribution in [0.3, 0.4) is 0 Å². The number of amides is 2. The molecule has 2 amide bonds. The van der Waals surface area contributed by atoms with Gasteiger partial charge in [-0.05, 0) is 49.8 Å². The van der Waals surface area contributed by atoms with Gasteiger partial charge in [-0.25, -0.2) is 0 Å². The van der Waals surface area contributed by atoms with Crippen molar-refractivity contribution in [2.75, 3.05) is 19.6 Å². The molecule has 0 aromatic heterocycles. The molecule has 0 bridgehead atoms. The van der Waals surface area contributed by atoms with Gasteiger partial charge in [-0.1, -0.05) is 42.1 Å². The third kappa shape index (κ3) is 4.29. The first-order valence-corrected chi connectivity index (χ1v) is 9.80. The lowest BCUT2D eigenvalue weighted by molar-refractivity contribution is -0.144. The first-order valence-electron chi connectivity index (χ1n) is 9.04. The maximum absolute atomic E-state index is 12.8. The van der Waals surface area contributed by atoms with E-state index in [2.05, 4.69) is 5.32 Å². The number of hydrogen-bond acceptors (Lipinski definition) is 2. The van der Waals surface area contributed by atoms with E-state index in [0.717, 1.165) is 31.5 Å². The van der Waals surface area contributed by atoms with Crippen LogP contribution in [0.4, 0.5) is 0 Å². The summed E-state index contributed by atoms with van der Waals surface area (Å²) < 4.78 is 0.